The molecule has 0 amide bonds. The fourth-order valence-electron chi connectivity index (χ4n) is 8.95. The Morgan fingerprint density at radius 2 is 2.00 bits per heavy atom. The van der Waals surface area contributed by atoms with E-state index in [0.29, 0.717) is 23.4 Å². The SMILES string of the molecule is C[C@@H]1CCC2=CC[C@@H]3C(CC[C@@]4(C)C3CC[C@@H]4C(C)(O)Cn3cc(C#N)cn3)[C@@]2(C)CC1. The second-order valence-corrected chi connectivity index (χ2v) is 12.5. The molecule has 0 spiro atoms. The van der Waals surface area contributed by atoms with Crippen LogP contribution in [-0.2, 0) is 6.54 Å². The number of nitrogens with zero attached hydrogens (tertiary/aromatic N) is 3. The summed E-state index contributed by atoms with van der Waals surface area (Å²) >= 11 is 0. The number of aromatic nitrogens is 2. The molecule has 4 aliphatic carbocycles. The summed E-state index contributed by atoms with van der Waals surface area (Å²) in [6.45, 7) is 10.0. The van der Waals surface area contributed by atoms with Crippen molar-refractivity contribution in [3.8, 4) is 6.07 Å². The lowest BCUT2D eigenvalue weighted by Crippen LogP contribution is -2.53. The Bertz CT molecular complexity index is 939. The number of fused-ring (bicyclic) bond motifs is 5. The zero-order valence-electron chi connectivity index (χ0n) is 20.5. The highest BCUT2D eigenvalue weighted by Gasteiger charge is 2.61. The minimum atomic E-state index is -0.813. The molecule has 32 heavy (non-hydrogen) atoms. The summed E-state index contributed by atoms with van der Waals surface area (Å²) in [6, 6.07) is 2.15. The van der Waals surface area contributed by atoms with Crippen molar-refractivity contribution >= 4 is 0 Å². The second kappa shape index (κ2) is 7.73. The third kappa shape index (κ3) is 3.38. The Labute approximate surface area is 194 Å². The maximum atomic E-state index is 11.7. The minimum absolute atomic E-state index is 0.190. The van der Waals surface area contributed by atoms with Crippen LogP contribution in [0.1, 0.15) is 91.0 Å². The van der Waals surface area contributed by atoms with E-state index in [0.717, 1.165) is 24.2 Å². The molecule has 1 N–H and O–H groups in total. The van der Waals surface area contributed by atoms with Gasteiger partial charge in [-0.2, -0.15) is 10.4 Å². The number of hydrogen-bond donors (Lipinski definition) is 1. The van der Waals surface area contributed by atoms with E-state index >= 15 is 0 Å². The molecule has 3 fully saturated rings. The van der Waals surface area contributed by atoms with Gasteiger partial charge in [-0.1, -0.05) is 32.4 Å². The zero-order valence-corrected chi connectivity index (χ0v) is 20.5. The predicted octanol–water partition coefficient (Wildman–Crippen LogP) is 6.11. The molecule has 1 aromatic rings. The van der Waals surface area contributed by atoms with Gasteiger partial charge in [0.25, 0.3) is 0 Å². The summed E-state index contributed by atoms with van der Waals surface area (Å²) in [5, 5.41) is 25.2. The number of allylic oxidation sites excluding steroid dienone is 2. The Hall–Kier alpha value is -1.60. The van der Waals surface area contributed by atoms with E-state index in [1.54, 1.807) is 22.6 Å². The molecule has 0 bridgehead atoms. The number of rotatable bonds is 3. The summed E-state index contributed by atoms with van der Waals surface area (Å²) in [4.78, 5) is 0. The van der Waals surface area contributed by atoms with E-state index in [9.17, 15) is 5.11 Å². The average Bonchev–Trinajstić information content (AvgIpc) is 3.31. The first kappa shape index (κ1) is 22.2. The molecule has 5 rings (SSSR count). The predicted molar refractivity (Wildman–Crippen MR) is 127 cm³/mol. The van der Waals surface area contributed by atoms with Gasteiger partial charge in [0.1, 0.15) is 6.07 Å². The first-order valence-corrected chi connectivity index (χ1v) is 13.0. The third-order valence-corrected chi connectivity index (χ3v) is 10.7. The summed E-state index contributed by atoms with van der Waals surface area (Å²) in [6.07, 6.45) is 17.6. The van der Waals surface area contributed by atoms with Gasteiger partial charge in [-0.05, 0) is 105 Å². The van der Waals surface area contributed by atoms with E-state index in [1.165, 1.54) is 51.4 Å². The van der Waals surface area contributed by atoms with Gasteiger partial charge in [0.15, 0.2) is 0 Å². The summed E-state index contributed by atoms with van der Waals surface area (Å²) in [5.74, 6) is 3.44. The molecule has 174 valence electrons. The molecule has 3 saturated carbocycles. The van der Waals surface area contributed by atoms with Gasteiger partial charge in [0, 0.05) is 6.20 Å². The topological polar surface area (TPSA) is 61.8 Å². The molecule has 8 atom stereocenters. The van der Waals surface area contributed by atoms with Crippen LogP contribution in [0.25, 0.3) is 0 Å². The lowest BCUT2D eigenvalue weighted by atomic mass is 9.48. The molecule has 4 aliphatic rings. The molecular weight excluding hydrogens is 394 g/mol. The monoisotopic (exact) mass is 435 g/mol. The van der Waals surface area contributed by atoms with E-state index in [4.69, 9.17) is 5.26 Å². The van der Waals surface area contributed by atoms with Crippen molar-refractivity contribution in [2.75, 3.05) is 0 Å². The molecule has 0 aromatic carbocycles. The summed E-state index contributed by atoms with van der Waals surface area (Å²) < 4.78 is 1.77. The smallest absolute Gasteiger partial charge is 0.102 e. The van der Waals surface area contributed by atoms with Crippen molar-refractivity contribution in [3.05, 3.63) is 29.6 Å². The minimum Gasteiger partial charge on any atom is -0.388 e. The fraction of sp³-hybridized carbons (Fsp3) is 0.786. The maximum absolute atomic E-state index is 11.7. The molecule has 0 radical (unpaired) electrons. The largest absolute Gasteiger partial charge is 0.388 e. The van der Waals surface area contributed by atoms with Crippen molar-refractivity contribution in [1.82, 2.24) is 9.78 Å². The van der Waals surface area contributed by atoms with Crippen molar-refractivity contribution in [3.63, 3.8) is 0 Å². The van der Waals surface area contributed by atoms with Crippen LogP contribution in [0, 0.1) is 51.8 Å². The van der Waals surface area contributed by atoms with Gasteiger partial charge in [0.2, 0.25) is 0 Å². The quantitative estimate of drug-likeness (QED) is 0.583. The van der Waals surface area contributed by atoms with Crippen molar-refractivity contribution < 1.29 is 5.11 Å². The van der Waals surface area contributed by atoms with Crippen molar-refractivity contribution in [2.24, 2.45) is 40.4 Å². The molecule has 0 saturated heterocycles. The average molecular weight is 436 g/mol. The van der Waals surface area contributed by atoms with Gasteiger partial charge in [-0.3, -0.25) is 4.68 Å². The van der Waals surface area contributed by atoms with Crippen LogP contribution in [0.5, 0.6) is 0 Å². The van der Waals surface area contributed by atoms with Crippen LogP contribution in [0.4, 0.5) is 0 Å². The standard InChI is InChI=1S/C28H41N3O/c1-19-5-6-21-7-8-22-23-9-10-25(28(4,32)18-31-17-20(15-29)16-30-31)27(23,3)14-12-24(22)26(21,2)13-11-19/h7,16-17,19,22-25,32H,5-6,8-14,18H2,1-4H3/t19-,22+,23?,24?,25+,26+,27+,28?/m1/s1. The Balaban J connectivity index is 1.39. The van der Waals surface area contributed by atoms with Gasteiger partial charge >= 0.3 is 0 Å². The lowest BCUT2D eigenvalue weighted by molar-refractivity contribution is -0.105. The molecule has 3 unspecified atom stereocenters. The molecular formula is C28H41N3O. The molecule has 4 nitrogen and oxygen atoms in total. The van der Waals surface area contributed by atoms with Crippen LogP contribution in [0.15, 0.2) is 24.0 Å². The molecule has 1 aromatic heterocycles. The zero-order chi connectivity index (χ0) is 22.7. The highest BCUT2D eigenvalue weighted by Crippen LogP contribution is 2.67. The number of hydrogen-bond acceptors (Lipinski definition) is 3. The molecule has 0 aliphatic heterocycles. The summed E-state index contributed by atoms with van der Waals surface area (Å²) in [5.41, 5.74) is 2.12. The van der Waals surface area contributed by atoms with E-state index < -0.39 is 5.60 Å². The highest BCUT2D eigenvalue weighted by molar-refractivity contribution is 5.24. The third-order valence-electron chi connectivity index (χ3n) is 10.7. The first-order valence-electron chi connectivity index (χ1n) is 13.0. The maximum Gasteiger partial charge on any atom is 0.102 e. The second-order valence-electron chi connectivity index (χ2n) is 12.5. The van der Waals surface area contributed by atoms with Crippen LogP contribution in [-0.4, -0.2) is 20.5 Å². The van der Waals surface area contributed by atoms with Crippen LogP contribution < -0.4 is 0 Å². The van der Waals surface area contributed by atoms with E-state index in [1.807, 2.05) is 6.92 Å². The highest BCUT2D eigenvalue weighted by atomic mass is 16.3. The van der Waals surface area contributed by atoms with Gasteiger partial charge in [-0.25, -0.2) is 0 Å². The molecule has 4 heteroatoms. The van der Waals surface area contributed by atoms with E-state index in [2.05, 4.69) is 38.0 Å². The fourth-order valence-corrected chi connectivity index (χ4v) is 8.95. The molecule has 1 heterocycles. The van der Waals surface area contributed by atoms with Gasteiger partial charge in [0.05, 0.1) is 23.9 Å². The van der Waals surface area contributed by atoms with Gasteiger partial charge in [-0.15, -0.1) is 0 Å². The Kier molecular flexibility index (Phi) is 5.36. The lowest BCUT2D eigenvalue weighted by Gasteiger charge is -2.57. The van der Waals surface area contributed by atoms with Crippen LogP contribution in [0.3, 0.4) is 0 Å². The van der Waals surface area contributed by atoms with Gasteiger partial charge < -0.3 is 5.11 Å². The van der Waals surface area contributed by atoms with Crippen LogP contribution in [0.2, 0.25) is 0 Å². The number of aliphatic hydroxyl groups is 1. The number of nitriles is 1. The van der Waals surface area contributed by atoms with Crippen molar-refractivity contribution in [1.29, 1.82) is 5.26 Å². The normalized spacial score (nSPS) is 43.1. The van der Waals surface area contributed by atoms with Crippen molar-refractivity contribution in [2.45, 2.75) is 97.6 Å². The van der Waals surface area contributed by atoms with Crippen LogP contribution >= 0.6 is 0 Å². The summed E-state index contributed by atoms with van der Waals surface area (Å²) in [7, 11) is 0. The Morgan fingerprint density at radius 3 is 2.75 bits per heavy atom. The first-order chi connectivity index (χ1) is 15.2. The Morgan fingerprint density at radius 1 is 1.19 bits per heavy atom. The van der Waals surface area contributed by atoms with E-state index in [-0.39, 0.29) is 11.3 Å².